The molecule has 9 heteroatoms. The fraction of sp³-hybridized carbons (Fsp3) is 0.348. The van der Waals surface area contributed by atoms with E-state index in [1.54, 1.807) is 24.3 Å². The average molecular weight is 435 g/mol. The number of unbranched alkanes of at least 4 members (excludes halogenated alkanes) is 2. The van der Waals surface area contributed by atoms with Crippen molar-refractivity contribution in [3.05, 3.63) is 60.0 Å². The summed E-state index contributed by atoms with van der Waals surface area (Å²) in [6.45, 7) is 0.577. The number of pyridine rings is 1. The molecule has 0 saturated carbocycles. The van der Waals surface area contributed by atoms with Gasteiger partial charge in [0.1, 0.15) is 11.9 Å². The minimum atomic E-state index is -0.737. The van der Waals surface area contributed by atoms with E-state index in [9.17, 15) is 14.4 Å². The molecule has 0 aliphatic carbocycles. The summed E-state index contributed by atoms with van der Waals surface area (Å²) in [6, 6.07) is 11.9. The molecule has 0 saturated heterocycles. The van der Waals surface area contributed by atoms with Gasteiger partial charge in [0, 0.05) is 25.6 Å². The quantitative estimate of drug-likeness (QED) is 0.446. The normalized spacial score (nSPS) is 15.6. The maximum Gasteiger partial charge on any atom is 0.254 e. The number of carbonyl (C=O) groups is 3. The lowest BCUT2D eigenvalue weighted by Crippen LogP contribution is -2.42. The van der Waals surface area contributed by atoms with Gasteiger partial charge in [-0.2, -0.15) is 0 Å². The molecule has 2 aromatic heterocycles. The van der Waals surface area contributed by atoms with Crippen molar-refractivity contribution in [3.63, 3.8) is 0 Å². The molecule has 32 heavy (non-hydrogen) atoms. The van der Waals surface area contributed by atoms with E-state index in [1.165, 1.54) is 0 Å². The van der Waals surface area contributed by atoms with E-state index in [-0.39, 0.29) is 30.6 Å². The summed E-state index contributed by atoms with van der Waals surface area (Å²) in [6.07, 6.45) is 5.98. The van der Waals surface area contributed by atoms with Crippen molar-refractivity contribution in [1.29, 1.82) is 0 Å². The Hall–Kier alpha value is -3.75. The smallest absolute Gasteiger partial charge is 0.254 e. The number of aromatic nitrogens is 3. The molecule has 1 aliphatic rings. The van der Waals surface area contributed by atoms with Gasteiger partial charge < -0.3 is 16.0 Å². The summed E-state index contributed by atoms with van der Waals surface area (Å²) in [7, 11) is 0. The summed E-state index contributed by atoms with van der Waals surface area (Å²) in [5.74, 6) is 0.190. The lowest BCUT2D eigenvalue weighted by molar-refractivity contribution is -0.121. The summed E-state index contributed by atoms with van der Waals surface area (Å²) < 4.78 is 1.99. The van der Waals surface area contributed by atoms with Gasteiger partial charge in [0.05, 0.1) is 11.3 Å². The second-order valence-electron chi connectivity index (χ2n) is 7.81. The third-order valence-corrected chi connectivity index (χ3v) is 5.50. The number of fused-ring (bicyclic) bond motifs is 2. The highest BCUT2D eigenvalue weighted by Crippen LogP contribution is 2.19. The highest BCUT2D eigenvalue weighted by molar-refractivity contribution is 6.09. The van der Waals surface area contributed by atoms with Crippen LogP contribution in [0.15, 0.2) is 48.7 Å². The van der Waals surface area contributed by atoms with Crippen molar-refractivity contribution in [3.8, 4) is 0 Å². The van der Waals surface area contributed by atoms with Crippen LogP contribution in [0.1, 0.15) is 48.3 Å². The molecule has 1 aromatic carbocycles. The zero-order valence-corrected chi connectivity index (χ0v) is 17.7. The highest BCUT2D eigenvalue weighted by atomic mass is 16.2. The molecular formula is C23H26N6O3. The number of amides is 3. The maximum absolute atomic E-state index is 12.4. The van der Waals surface area contributed by atoms with Gasteiger partial charge in [-0.25, -0.2) is 0 Å². The number of anilines is 1. The Balaban J connectivity index is 1.14. The van der Waals surface area contributed by atoms with Gasteiger partial charge in [-0.3, -0.25) is 18.8 Å². The summed E-state index contributed by atoms with van der Waals surface area (Å²) in [5.41, 5.74) is 1.75. The summed E-state index contributed by atoms with van der Waals surface area (Å²) in [5, 5.41) is 16.7. The Kier molecular flexibility index (Phi) is 6.74. The van der Waals surface area contributed by atoms with Crippen molar-refractivity contribution in [2.45, 2.75) is 44.6 Å². The largest absolute Gasteiger partial charge is 0.356 e. The maximum atomic E-state index is 12.4. The number of aryl methyl sites for hydroxylation is 1. The molecule has 3 N–H and O–H groups in total. The zero-order chi connectivity index (χ0) is 22.3. The predicted octanol–water partition coefficient (Wildman–Crippen LogP) is 2.09. The van der Waals surface area contributed by atoms with Gasteiger partial charge in [-0.15, -0.1) is 10.2 Å². The molecule has 166 valence electrons. The van der Waals surface area contributed by atoms with Crippen LogP contribution in [0.4, 0.5) is 5.69 Å². The molecule has 0 unspecified atom stereocenters. The first-order chi connectivity index (χ1) is 15.6. The van der Waals surface area contributed by atoms with Crippen LogP contribution >= 0.6 is 0 Å². The second-order valence-corrected chi connectivity index (χ2v) is 7.81. The van der Waals surface area contributed by atoms with Crippen molar-refractivity contribution in [2.75, 3.05) is 11.9 Å². The lowest BCUT2D eigenvalue weighted by Gasteiger charge is -2.14. The lowest BCUT2D eigenvalue weighted by atomic mass is 10.1. The number of rotatable bonds is 9. The van der Waals surface area contributed by atoms with E-state index in [0.717, 1.165) is 37.2 Å². The number of para-hydroxylation sites is 1. The standard InChI is InChI=1S/C23H26N6O3/c30-21(13-12-18-23(32)25-17-9-4-3-8-16(17)22(31)26-18)24-14-6-1-2-10-19-27-28-20-11-5-7-15-29(19)20/h3-5,7-9,11,15,18H,1-2,6,10,12-14H2,(H,24,30)(H,25,32)(H,26,31)/t18-/m0/s1. The van der Waals surface area contributed by atoms with E-state index in [4.69, 9.17) is 0 Å². The number of hydrogen-bond acceptors (Lipinski definition) is 5. The van der Waals surface area contributed by atoms with Gasteiger partial charge in [0.2, 0.25) is 11.8 Å². The fourth-order valence-electron chi connectivity index (χ4n) is 3.75. The molecule has 0 spiro atoms. The topological polar surface area (TPSA) is 117 Å². The number of carbonyl (C=O) groups excluding carboxylic acids is 3. The average Bonchev–Trinajstić information content (AvgIpc) is 3.16. The third kappa shape index (κ3) is 5.11. The molecule has 4 rings (SSSR count). The first-order valence-corrected chi connectivity index (χ1v) is 10.9. The van der Waals surface area contributed by atoms with Gasteiger partial charge >= 0.3 is 0 Å². The fourth-order valence-corrected chi connectivity index (χ4v) is 3.75. The molecule has 9 nitrogen and oxygen atoms in total. The van der Waals surface area contributed by atoms with Crippen LogP contribution in [0.25, 0.3) is 5.65 Å². The van der Waals surface area contributed by atoms with E-state index in [0.29, 0.717) is 17.8 Å². The molecule has 3 aromatic rings. The molecule has 0 bridgehead atoms. The Labute approximate surface area is 185 Å². The van der Waals surface area contributed by atoms with Gasteiger partial charge in [-0.05, 0) is 43.5 Å². The van der Waals surface area contributed by atoms with Crippen LogP contribution in [-0.4, -0.2) is 44.9 Å². The van der Waals surface area contributed by atoms with Crippen molar-refractivity contribution in [1.82, 2.24) is 25.2 Å². The molecule has 0 fully saturated rings. The molecular weight excluding hydrogens is 408 g/mol. The molecule has 0 radical (unpaired) electrons. The Bertz CT molecular complexity index is 1130. The Morgan fingerprint density at radius 3 is 2.78 bits per heavy atom. The highest BCUT2D eigenvalue weighted by Gasteiger charge is 2.27. The van der Waals surface area contributed by atoms with Crippen molar-refractivity contribution in [2.24, 2.45) is 0 Å². The third-order valence-electron chi connectivity index (χ3n) is 5.50. The zero-order valence-electron chi connectivity index (χ0n) is 17.7. The number of nitrogens with zero attached hydrogens (tertiary/aromatic N) is 3. The second kappa shape index (κ2) is 10.0. The van der Waals surface area contributed by atoms with Crippen molar-refractivity contribution < 1.29 is 14.4 Å². The van der Waals surface area contributed by atoms with Gasteiger partial charge in [0.25, 0.3) is 5.91 Å². The van der Waals surface area contributed by atoms with Crippen molar-refractivity contribution >= 4 is 29.1 Å². The monoisotopic (exact) mass is 434 g/mol. The van der Waals surface area contributed by atoms with Crippen LogP contribution < -0.4 is 16.0 Å². The molecule has 1 atom stereocenters. The van der Waals surface area contributed by atoms with E-state index < -0.39 is 6.04 Å². The minimum Gasteiger partial charge on any atom is -0.356 e. The SMILES string of the molecule is O=C(CC[C@@H]1NC(=O)c2ccccc2NC1=O)NCCCCCc1nnc2ccccn12. The molecule has 3 heterocycles. The van der Waals surface area contributed by atoms with Crippen LogP contribution in [0.3, 0.4) is 0 Å². The van der Waals surface area contributed by atoms with Crippen LogP contribution in [0, 0.1) is 0 Å². The number of benzene rings is 1. The van der Waals surface area contributed by atoms with Crippen LogP contribution in [-0.2, 0) is 16.0 Å². The first-order valence-electron chi connectivity index (χ1n) is 10.9. The molecule has 1 aliphatic heterocycles. The Morgan fingerprint density at radius 1 is 1.03 bits per heavy atom. The minimum absolute atomic E-state index is 0.128. The summed E-state index contributed by atoms with van der Waals surface area (Å²) in [4.78, 5) is 36.9. The number of hydrogen-bond donors (Lipinski definition) is 3. The first kappa shape index (κ1) is 21.5. The number of nitrogens with one attached hydrogen (secondary N) is 3. The van der Waals surface area contributed by atoms with Gasteiger partial charge in [0.15, 0.2) is 5.65 Å². The van der Waals surface area contributed by atoms with E-state index >= 15 is 0 Å². The van der Waals surface area contributed by atoms with Crippen LogP contribution in [0.5, 0.6) is 0 Å². The Morgan fingerprint density at radius 2 is 1.88 bits per heavy atom. The van der Waals surface area contributed by atoms with E-state index in [2.05, 4.69) is 26.1 Å². The van der Waals surface area contributed by atoms with E-state index in [1.807, 2.05) is 28.8 Å². The van der Waals surface area contributed by atoms with Gasteiger partial charge in [-0.1, -0.05) is 24.6 Å². The van der Waals surface area contributed by atoms with Crippen LogP contribution in [0.2, 0.25) is 0 Å². The predicted molar refractivity (Wildman–Crippen MR) is 119 cm³/mol. The summed E-state index contributed by atoms with van der Waals surface area (Å²) >= 11 is 0. The molecule has 3 amide bonds.